The number of nitrogens with zero attached hydrogens (tertiary/aromatic N) is 2. The minimum Gasteiger partial charge on any atom is -0.478 e. The van der Waals surface area contributed by atoms with Gasteiger partial charge in [-0.2, -0.15) is 4.98 Å². The van der Waals surface area contributed by atoms with Crippen molar-refractivity contribution in [2.24, 2.45) is 11.7 Å². The van der Waals surface area contributed by atoms with Crippen LogP contribution in [0.5, 0.6) is 5.88 Å². The van der Waals surface area contributed by atoms with E-state index in [2.05, 4.69) is 36.1 Å². The Morgan fingerprint density at radius 3 is 2.74 bits per heavy atom. The molecule has 1 heterocycles. The van der Waals surface area contributed by atoms with Crippen molar-refractivity contribution in [3.63, 3.8) is 0 Å². The first-order valence-corrected chi connectivity index (χ1v) is 6.99. The van der Waals surface area contributed by atoms with Crippen LogP contribution in [0.3, 0.4) is 0 Å². The minimum atomic E-state index is 0.115. The van der Waals surface area contributed by atoms with Gasteiger partial charge < -0.3 is 15.8 Å². The van der Waals surface area contributed by atoms with E-state index in [-0.39, 0.29) is 6.04 Å². The van der Waals surface area contributed by atoms with E-state index < -0.39 is 0 Å². The second-order valence-corrected chi connectivity index (χ2v) is 5.29. The Labute approximate surface area is 116 Å². The summed E-state index contributed by atoms with van der Waals surface area (Å²) in [6, 6.07) is 1.96. The molecular weight excluding hydrogens is 240 g/mol. The molecule has 0 amide bonds. The normalized spacial score (nSPS) is 12.5. The van der Waals surface area contributed by atoms with Gasteiger partial charge in [0.25, 0.3) is 0 Å². The summed E-state index contributed by atoms with van der Waals surface area (Å²) in [6.45, 7) is 9.68. The van der Waals surface area contributed by atoms with Gasteiger partial charge in [0, 0.05) is 24.3 Å². The number of nitrogens with one attached hydrogen (secondary N) is 1. The van der Waals surface area contributed by atoms with Crippen LogP contribution < -0.4 is 15.8 Å². The summed E-state index contributed by atoms with van der Waals surface area (Å²) in [7, 11) is 0. The van der Waals surface area contributed by atoms with Crippen molar-refractivity contribution in [1.82, 2.24) is 9.97 Å². The number of anilines is 1. The van der Waals surface area contributed by atoms with E-state index in [0.717, 1.165) is 18.5 Å². The minimum absolute atomic E-state index is 0.115. The Bertz CT molecular complexity index is 382. The summed E-state index contributed by atoms with van der Waals surface area (Å²) in [4.78, 5) is 8.66. The maximum Gasteiger partial charge on any atom is 0.226 e. The summed E-state index contributed by atoms with van der Waals surface area (Å²) >= 11 is 0. The predicted octanol–water partition coefficient (Wildman–Crippen LogP) is 2.36. The van der Waals surface area contributed by atoms with Gasteiger partial charge in [-0.1, -0.05) is 20.8 Å². The van der Waals surface area contributed by atoms with Crippen molar-refractivity contribution in [3.05, 3.63) is 11.8 Å². The molecule has 108 valence electrons. The third-order valence-electron chi connectivity index (χ3n) is 2.58. The van der Waals surface area contributed by atoms with Gasteiger partial charge in [0.1, 0.15) is 0 Å². The number of hydrogen-bond donors (Lipinski definition) is 2. The molecule has 0 fully saturated rings. The molecule has 1 atom stereocenters. The molecule has 5 heteroatoms. The molecule has 1 unspecified atom stereocenters. The monoisotopic (exact) mass is 266 g/mol. The maximum absolute atomic E-state index is 6.03. The molecule has 3 N–H and O–H groups in total. The van der Waals surface area contributed by atoms with E-state index in [1.54, 1.807) is 0 Å². The fourth-order valence-electron chi connectivity index (χ4n) is 1.81. The Balaban J connectivity index is 2.55. The number of ether oxygens (including phenoxy) is 1. The van der Waals surface area contributed by atoms with Gasteiger partial charge in [0.05, 0.1) is 6.61 Å². The molecule has 0 aliphatic heterocycles. The van der Waals surface area contributed by atoms with Gasteiger partial charge in [-0.3, -0.25) is 0 Å². The molecule has 0 bridgehead atoms. The molecule has 1 aromatic rings. The molecule has 0 radical (unpaired) electrons. The molecule has 1 aromatic heterocycles. The standard InChI is InChI=1S/C14H26N4O/c1-5-6-19-13-8-11(4)17-14(18-13)16-9-12(15)7-10(2)3/h8,10,12H,5-7,9,15H2,1-4H3,(H,16,17,18). The molecule has 1 rings (SSSR count). The molecule has 0 aliphatic carbocycles. The first kappa shape index (κ1) is 15.7. The Kier molecular flexibility index (Phi) is 6.56. The molecule has 0 spiro atoms. The Morgan fingerprint density at radius 2 is 2.11 bits per heavy atom. The Hall–Kier alpha value is -1.36. The first-order valence-electron chi connectivity index (χ1n) is 6.99. The van der Waals surface area contributed by atoms with E-state index in [1.165, 1.54) is 0 Å². The molecular formula is C14H26N4O. The topological polar surface area (TPSA) is 73.1 Å². The highest BCUT2D eigenvalue weighted by Gasteiger charge is 2.07. The van der Waals surface area contributed by atoms with Crippen LogP contribution in [0.1, 0.15) is 39.3 Å². The molecule has 0 saturated carbocycles. The van der Waals surface area contributed by atoms with Crippen molar-refractivity contribution < 1.29 is 4.74 Å². The van der Waals surface area contributed by atoms with E-state index in [0.29, 0.717) is 30.9 Å². The number of rotatable bonds is 8. The van der Waals surface area contributed by atoms with Crippen LogP contribution >= 0.6 is 0 Å². The van der Waals surface area contributed by atoms with Gasteiger partial charge in [-0.25, -0.2) is 4.98 Å². The van der Waals surface area contributed by atoms with Gasteiger partial charge >= 0.3 is 0 Å². The zero-order chi connectivity index (χ0) is 14.3. The van der Waals surface area contributed by atoms with E-state index in [9.17, 15) is 0 Å². The van der Waals surface area contributed by atoms with Crippen molar-refractivity contribution >= 4 is 5.95 Å². The fourth-order valence-corrected chi connectivity index (χ4v) is 1.81. The summed E-state index contributed by atoms with van der Waals surface area (Å²) < 4.78 is 5.53. The average molecular weight is 266 g/mol. The number of aromatic nitrogens is 2. The van der Waals surface area contributed by atoms with E-state index in [1.807, 2.05) is 13.0 Å². The molecule has 0 saturated heterocycles. The van der Waals surface area contributed by atoms with Gasteiger partial charge in [0.15, 0.2) is 0 Å². The number of aryl methyl sites for hydroxylation is 1. The lowest BCUT2D eigenvalue weighted by molar-refractivity contribution is 0.305. The lowest BCUT2D eigenvalue weighted by Gasteiger charge is -2.15. The SMILES string of the molecule is CCCOc1cc(C)nc(NCC(N)CC(C)C)n1. The molecule has 0 aromatic carbocycles. The highest BCUT2D eigenvalue weighted by Crippen LogP contribution is 2.12. The van der Waals surface area contributed by atoms with Crippen molar-refractivity contribution in [3.8, 4) is 5.88 Å². The van der Waals surface area contributed by atoms with Crippen LogP contribution in [0.4, 0.5) is 5.95 Å². The van der Waals surface area contributed by atoms with Crippen LogP contribution in [-0.4, -0.2) is 29.2 Å². The second kappa shape index (κ2) is 7.94. The summed E-state index contributed by atoms with van der Waals surface area (Å²) in [6.07, 6.45) is 1.95. The molecule has 19 heavy (non-hydrogen) atoms. The average Bonchev–Trinajstić information content (AvgIpc) is 2.32. The van der Waals surface area contributed by atoms with Crippen molar-refractivity contribution in [2.75, 3.05) is 18.5 Å². The summed E-state index contributed by atoms with van der Waals surface area (Å²) in [5.74, 6) is 1.80. The zero-order valence-corrected chi connectivity index (χ0v) is 12.4. The zero-order valence-electron chi connectivity index (χ0n) is 12.4. The van der Waals surface area contributed by atoms with Crippen molar-refractivity contribution in [1.29, 1.82) is 0 Å². The van der Waals surface area contributed by atoms with Gasteiger partial charge in [0.2, 0.25) is 11.8 Å². The lowest BCUT2D eigenvalue weighted by atomic mass is 10.0. The Morgan fingerprint density at radius 1 is 1.37 bits per heavy atom. The third kappa shape index (κ3) is 6.38. The van der Waals surface area contributed by atoms with Crippen LogP contribution in [0, 0.1) is 12.8 Å². The van der Waals surface area contributed by atoms with Gasteiger partial charge in [-0.05, 0) is 25.7 Å². The largest absolute Gasteiger partial charge is 0.478 e. The highest BCUT2D eigenvalue weighted by atomic mass is 16.5. The van der Waals surface area contributed by atoms with Crippen LogP contribution in [-0.2, 0) is 0 Å². The molecule has 5 nitrogen and oxygen atoms in total. The quantitative estimate of drug-likeness (QED) is 0.755. The number of hydrogen-bond acceptors (Lipinski definition) is 5. The smallest absolute Gasteiger partial charge is 0.226 e. The first-order chi connectivity index (χ1) is 9.01. The van der Waals surface area contributed by atoms with Crippen LogP contribution in [0.15, 0.2) is 6.07 Å². The maximum atomic E-state index is 6.03. The third-order valence-corrected chi connectivity index (χ3v) is 2.58. The highest BCUT2D eigenvalue weighted by molar-refractivity contribution is 5.30. The van der Waals surface area contributed by atoms with E-state index in [4.69, 9.17) is 10.5 Å². The number of nitrogens with two attached hydrogens (primary N) is 1. The van der Waals surface area contributed by atoms with E-state index >= 15 is 0 Å². The second-order valence-electron chi connectivity index (χ2n) is 5.29. The predicted molar refractivity (Wildman–Crippen MR) is 78.5 cm³/mol. The van der Waals surface area contributed by atoms with Crippen molar-refractivity contribution in [2.45, 2.75) is 46.6 Å². The van der Waals surface area contributed by atoms with Crippen LogP contribution in [0.2, 0.25) is 0 Å². The molecule has 0 aliphatic rings. The summed E-state index contributed by atoms with van der Waals surface area (Å²) in [5.41, 5.74) is 6.92. The fraction of sp³-hybridized carbons (Fsp3) is 0.714. The van der Waals surface area contributed by atoms with Gasteiger partial charge in [-0.15, -0.1) is 0 Å². The summed E-state index contributed by atoms with van der Waals surface area (Å²) in [5, 5.41) is 3.18. The lowest BCUT2D eigenvalue weighted by Crippen LogP contribution is -2.31. The van der Waals surface area contributed by atoms with Crippen LogP contribution in [0.25, 0.3) is 0 Å².